The summed E-state index contributed by atoms with van der Waals surface area (Å²) in [6.45, 7) is 0. The summed E-state index contributed by atoms with van der Waals surface area (Å²) in [6, 6.07) is 5.36. The molecular formula is C13H7BrF3NO3. The molecule has 110 valence electrons. The number of nitrogens with zero attached hydrogens (tertiary/aromatic N) is 1. The van der Waals surface area contributed by atoms with Gasteiger partial charge in [0.2, 0.25) is 5.88 Å². The standard InChI is InChI=1S/C13H7BrF3NO3/c14-10-5-7(12(19)20)6-18-11(10)21-9-3-1-8(2-4-9)13(15,16)17/h1-6H,(H,19,20). The molecule has 0 unspecified atom stereocenters. The summed E-state index contributed by atoms with van der Waals surface area (Å²) in [5.74, 6) is -0.941. The van der Waals surface area contributed by atoms with E-state index < -0.39 is 17.7 Å². The molecule has 0 aliphatic heterocycles. The summed E-state index contributed by atoms with van der Waals surface area (Å²) in [7, 11) is 0. The largest absolute Gasteiger partial charge is 0.478 e. The lowest BCUT2D eigenvalue weighted by molar-refractivity contribution is -0.137. The van der Waals surface area contributed by atoms with Gasteiger partial charge in [-0.3, -0.25) is 0 Å². The SMILES string of the molecule is O=C(O)c1cnc(Oc2ccc(C(F)(F)F)cc2)c(Br)c1. The van der Waals surface area contributed by atoms with Gasteiger partial charge in [-0.2, -0.15) is 13.2 Å². The zero-order valence-corrected chi connectivity index (χ0v) is 11.8. The van der Waals surface area contributed by atoms with Gasteiger partial charge in [-0.05, 0) is 46.3 Å². The van der Waals surface area contributed by atoms with Crippen molar-refractivity contribution in [3.63, 3.8) is 0 Å². The zero-order chi connectivity index (χ0) is 15.6. The Morgan fingerprint density at radius 1 is 1.24 bits per heavy atom. The number of alkyl halides is 3. The number of carboxylic acids is 1. The Morgan fingerprint density at radius 3 is 2.33 bits per heavy atom. The van der Waals surface area contributed by atoms with Crippen LogP contribution in [0, 0.1) is 0 Å². The molecule has 0 amide bonds. The number of hydrogen-bond acceptors (Lipinski definition) is 3. The second-order valence-corrected chi connectivity index (χ2v) is 4.79. The first-order chi connectivity index (χ1) is 9.77. The lowest BCUT2D eigenvalue weighted by atomic mass is 10.2. The summed E-state index contributed by atoms with van der Waals surface area (Å²) in [5.41, 5.74) is -0.829. The number of carboxylic acid groups (broad SMARTS) is 1. The molecule has 1 aromatic heterocycles. The molecule has 0 atom stereocenters. The maximum Gasteiger partial charge on any atom is 0.416 e. The number of halogens is 4. The molecule has 4 nitrogen and oxygen atoms in total. The van der Waals surface area contributed by atoms with Gasteiger partial charge in [-0.25, -0.2) is 9.78 Å². The van der Waals surface area contributed by atoms with E-state index in [0.717, 1.165) is 30.5 Å². The number of rotatable bonds is 3. The number of aromatic nitrogens is 1. The zero-order valence-electron chi connectivity index (χ0n) is 10.2. The van der Waals surface area contributed by atoms with Crippen molar-refractivity contribution < 1.29 is 27.8 Å². The van der Waals surface area contributed by atoms with E-state index in [4.69, 9.17) is 9.84 Å². The maximum atomic E-state index is 12.4. The maximum absolute atomic E-state index is 12.4. The Kier molecular flexibility index (Phi) is 4.17. The third kappa shape index (κ3) is 3.72. The lowest BCUT2D eigenvalue weighted by Gasteiger charge is -2.09. The van der Waals surface area contributed by atoms with Crippen molar-refractivity contribution in [2.24, 2.45) is 0 Å². The lowest BCUT2D eigenvalue weighted by Crippen LogP contribution is -2.04. The van der Waals surface area contributed by atoms with Gasteiger partial charge in [0.15, 0.2) is 0 Å². The molecule has 2 rings (SSSR count). The van der Waals surface area contributed by atoms with E-state index in [1.807, 2.05) is 0 Å². The van der Waals surface area contributed by atoms with Crippen LogP contribution in [0.3, 0.4) is 0 Å². The van der Waals surface area contributed by atoms with Gasteiger partial charge in [0.1, 0.15) is 5.75 Å². The van der Waals surface area contributed by atoms with Crippen LogP contribution in [0.25, 0.3) is 0 Å². The highest BCUT2D eigenvalue weighted by Crippen LogP contribution is 2.32. The Labute approximate surface area is 125 Å². The van der Waals surface area contributed by atoms with Crippen molar-refractivity contribution >= 4 is 21.9 Å². The topological polar surface area (TPSA) is 59.4 Å². The molecule has 1 heterocycles. The number of benzene rings is 1. The molecule has 0 spiro atoms. The summed E-state index contributed by atoms with van der Waals surface area (Å²) in [5, 5.41) is 8.79. The normalized spacial score (nSPS) is 11.2. The van der Waals surface area contributed by atoms with Crippen LogP contribution in [0.15, 0.2) is 41.0 Å². The van der Waals surface area contributed by atoms with Gasteiger partial charge in [0, 0.05) is 6.20 Å². The first-order valence-corrected chi connectivity index (χ1v) is 6.30. The van der Waals surface area contributed by atoms with Crippen LogP contribution in [0.5, 0.6) is 11.6 Å². The number of carbonyl (C=O) groups is 1. The number of aromatic carboxylic acids is 1. The minimum absolute atomic E-state index is 0.0401. The molecule has 8 heteroatoms. The molecule has 0 fully saturated rings. The fourth-order valence-electron chi connectivity index (χ4n) is 1.44. The van der Waals surface area contributed by atoms with Crippen molar-refractivity contribution in [3.05, 3.63) is 52.1 Å². The fraction of sp³-hybridized carbons (Fsp3) is 0.0769. The van der Waals surface area contributed by atoms with Gasteiger partial charge in [-0.1, -0.05) is 0 Å². The van der Waals surface area contributed by atoms with Crippen molar-refractivity contribution in [2.45, 2.75) is 6.18 Å². The number of hydrogen-bond donors (Lipinski definition) is 1. The molecule has 0 saturated heterocycles. The highest BCUT2D eigenvalue weighted by Gasteiger charge is 2.30. The van der Waals surface area contributed by atoms with Gasteiger partial charge in [0.25, 0.3) is 0 Å². The van der Waals surface area contributed by atoms with Crippen LogP contribution >= 0.6 is 15.9 Å². The minimum Gasteiger partial charge on any atom is -0.478 e. The molecule has 1 N–H and O–H groups in total. The summed E-state index contributed by atoms with van der Waals surface area (Å²) >= 11 is 3.09. The predicted octanol–water partition coefficient (Wildman–Crippen LogP) is 4.35. The summed E-state index contributed by atoms with van der Waals surface area (Å²) in [6.07, 6.45) is -3.33. The van der Waals surface area contributed by atoms with E-state index in [0.29, 0.717) is 0 Å². The van der Waals surface area contributed by atoms with Crippen LogP contribution in [-0.2, 0) is 6.18 Å². The quantitative estimate of drug-likeness (QED) is 0.882. The van der Waals surface area contributed by atoms with Gasteiger partial charge >= 0.3 is 12.1 Å². The van der Waals surface area contributed by atoms with E-state index in [1.165, 1.54) is 6.07 Å². The second-order valence-electron chi connectivity index (χ2n) is 3.94. The molecular weight excluding hydrogens is 355 g/mol. The molecule has 1 aromatic carbocycles. The minimum atomic E-state index is -4.42. The second kappa shape index (κ2) is 5.72. The van der Waals surface area contributed by atoms with Crippen molar-refractivity contribution in [1.29, 1.82) is 0 Å². The highest BCUT2D eigenvalue weighted by molar-refractivity contribution is 9.10. The van der Waals surface area contributed by atoms with E-state index in [9.17, 15) is 18.0 Å². The average molecular weight is 362 g/mol. The molecule has 0 aliphatic rings. The molecule has 0 radical (unpaired) electrons. The Hall–Kier alpha value is -2.09. The van der Waals surface area contributed by atoms with E-state index in [2.05, 4.69) is 20.9 Å². The van der Waals surface area contributed by atoms with Crippen LogP contribution in [0.4, 0.5) is 13.2 Å². The molecule has 0 saturated carbocycles. The summed E-state index contributed by atoms with van der Waals surface area (Å²) < 4.78 is 42.8. The molecule has 21 heavy (non-hydrogen) atoms. The molecule has 0 bridgehead atoms. The monoisotopic (exact) mass is 361 g/mol. The average Bonchev–Trinajstić information content (AvgIpc) is 2.40. The van der Waals surface area contributed by atoms with Gasteiger partial charge in [0.05, 0.1) is 15.6 Å². The molecule has 2 aromatic rings. The van der Waals surface area contributed by atoms with Crippen molar-refractivity contribution in [2.75, 3.05) is 0 Å². The van der Waals surface area contributed by atoms with E-state index >= 15 is 0 Å². The van der Waals surface area contributed by atoms with E-state index in [-0.39, 0.29) is 21.7 Å². The summed E-state index contributed by atoms with van der Waals surface area (Å²) in [4.78, 5) is 14.5. The number of pyridine rings is 1. The van der Waals surface area contributed by atoms with Crippen molar-refractivity contribution in [1.82, 2.24) is 4.98 Å². The van der Waals surface area contributed by atoms with Crippen LogP contribution < -0.4 is 4.74 Å². The van der Waals surface area contributed by atoms with Gasteiger partial charge < -0.3 is 9.84 Å². The highest BCUT2D eigenvalue weighted by atomic mass is 79.9. The van der Waals surface area contributed by atoms with Crippen LogP contribution in [-0.4, -0.2) is 16.1 Å². The fourth-order valence-corrected chi connectivity index (χ4v) is 1.87. The number of ether oxygens (including phenoxy) is 1. The Bertz CT molecular complexity index is 671. The Morgan fingerprint density at radius 2 is 1.86 bits per heavy atom. The smallest absolute Gasteiger partial charge is 0.416 e. The van der Waals surface area contributed by atoms with E-state index in [1.54, 1.807) is 0 Å². The van der Waals surface area contributed by atoms with Gasteiger partial charge in [-0.15, -0.1) is 0 Å². The molecule has 0 aliphatic carbocycles. The predicted molar refractivity (Wildman–Crippen MR) is 70.4 cm³/mol. The Balaban J connectivity index is 2.20. The first-order valence-electron chi connectivity index (χ1n) is 5.51. The first kappa shape index (κ1) is 15.3. The van der Waals surface area contributed by atoms with Crippen molar-refractivity contribution in [3.8, 4) is 11.6 Å². The van der Waals surface area contributed by atoms with Crippen LogP contribution in [0.1, 0.15) is 15.9 Å². The van der Waals surface area contributed by atoms with Crippen LogP contribution in [0.2, 0.25) is 0 Å². The third-order valence-electron chi connectivity index (χ3n) is 2.45. The third-order valence-corrected chi connectivity index (χ3v) is 3.02.